The summed E-state index contributed by atoms with van der Waals surface area (Å²) in [6.07, 6.45) is 4.44. The molecule has 0 saturated heterocycles. The Bertz CT molecular complexity index is 610. The van der Waals surface area contributed by atoms with Crippen LogP contribution in [0.25, 0.3) is 0 Å². The Morgan fingerprint density at radius 2 is 2.26 bits per heavy atom. The SMILES string of the molecule is Cn1ncnc1CC1(O)CCc2cc(Br)ccc2C1. The first-order valence-corrected chi connectivity index (χ1v) is 7.18. The van der Waals surface area contributed by atoms with Gasteiger partial charge < -0.3 is 5.11 Å². The summed E-state index contributed by atoms with van der Waals surface area (Å²) >= 11 is 3.49. The second-order valence-electron chi connectivity index (χ2n) is 5.29. The summed E-state index contributed by atoms with van der Waals surface area (Å²) in [6, 6.07) is 6.28. The van der Waals surface area contributed by atoms with E-state index in [2.05, 4.69) is 38.1 Å². The summed E-state index contributed by atoms with van der Waals surface area (Å²) in [7, 11) is 1.86. The van der Waals surface area contributed by atoms with Crippen LogP contribution in [0.15, 0.2) is 29.0 Å². The van der Waals surface area contributed by atoms with Crippen LogP contribution in [0.2, 0.25) is 0 Å². The zero-order valence-electron chi connectivity index (χ0n) is 10.8. The molecule has 1 atom stereocenters. The molecule has 0 spiro atoms. The van der Waals surface area contributed by atoms with Gasteiger partial charge in [0.15, 0.2) is 0 Å². The molecule has 0 fully saturated rings. The number of rotatable bonds is 2. The smallest absolute Gasteiger partial charge is 0.138 e. The predicted octanol–water partition coefficient (Wildman–Crippen LogP) is 2.04. The first-order valence-electron chi connectivity index (χ1n) is 6.38. The van der Waals surface area contributed by atoms with E-state index in [1.165, 1.54) is 17.5 Å². The van der Waals surface area contributed by atoms with Crippen LogP contribution in [0, 0.1) is 0 Å². The molecule has 0 radical (unpaired) electrons. The van der Waals surface area contributed by atoms with Gasteiger partial charge in [0.25, 0.3) is 0 Å². The lowest BCUT2D eigenvalue weighted by molar-refractivity contribution is 0.0240. The summed E-state index contributed by atoms with van der Waals surface area (Å²) in [6.45, 7) is 0. The molecule has 0 aliphatic heterocycles. The number of hydrogen-bond donors (Lipinski definition) is 1. The Morgan fingerprint density at radius 3 is 3.00 bits per heavy atom. The van der Waals surface area contributed by atoms with Crippen molar-refractivity contribution in [3.8, 4) is 0 Å². The third kappa shape index (κ3) is 2.58. The number of hydrogen-bond acceptors (Lipinski definition) is 3. The van der Waals surface area contributed by atoms with Crippen LogP contribution in [-0.4, -0.2) is 25.5 Å². The molecule has 19 heavy (non-hydrogen) atoms. The van der Waals surface area contributed by atoms with Crippen LogP contribution in [0.3, 0.4) is 0 Å². The normalized spacial score (nSPS) is 22.3. The number of aliphatic hydroxyl groups is 1. The molecule has 0 saturated carbocycles. The van der Waals surface area contributed by atoms with Crippen LogP contribution in [-0.2, 0) is 26.3 Å². The monoisotopic (exact) mass is 321 g/mol. The predicted molar refractivity (Wildman–Crippen MR) is 75.8 cm³/mol. The van der Waals surface area contributed by atoms with Crippen LogP contribution in [0.4, 0.5) is 0 Å². The number of halogens is 1. The Morgan fingerprint density at radius 1 is 1.42 bits per heavy atom. The molecule has 0 bridgehead atoms. The van der Waals surface area contributed by atoms with E-state index in [9.17, 15) is 5.11 Å². The molecule has 1 aliphatic carbocycles. The number of aromatic nitrogens is 3. The Hall–Kier alpha value is -1.20. The molecule has 3 rings (SSSR count). The number of fused-ring (bicyclic) bond motifs is 1. The summed E-state index contributed by atoms with van der Waals surface area (Å²) in [5.41, 5.74) is 1.86. The van der Waals surface area contributed by atoms with Crippen LogP contribution < -0.4 is 0 Å². The summed E-state index contributed by atoms with van der Waals surface area (Å²) in [5.74, 6) is 0.836. The molecule has 2 aromatic rings. The molecule has 5 heteroatoms. The molecule has 0 amide bonds. The lowest BCUT2D eigenvalue weighted by Crippen LogP contribution is -2.38. The topological polar surface area (TPSA) is 50.9 Å². The fourth-order valence-corrected chi connectivity index (χ4v) is 3.14. The maximum absolute atomic E-state index is 10.8. The second-order valence-corrected chi connectivity index (χ2v) is 6.21. The van der Waals surface area contributed by atoms with E-state index in [1.54, 1.807) is 4.68 Å². The molecule has 1 heterocycles. The minimum Gasteiger partial charge on any atom is -0.389 e. The zero-order valence-corrected chi connectivity index (χ0v) is 12.4. The number of aryl methyl sites for hydroxylation is 2. The van der Waals surface area contributed by atoms with Gasteiger partial charge in [-0.05, 0) is 36.1 Å². The summed E-state index contributed by atoms with van der Waals surface area (Å²) in [4.78, 5) is 4.21. The maximum atomic E-state index is 10.8. The van der Waals surface area contributed by atoms with Gasteiger partial charge >= 0.3 is 0 Å². The highest BCUT2D eigenvalue weighted by molar-refractivity contribution is 9.10. The Balaban J connectivity index is 1.84. The van der Waals surface area contributed by atoms with Crippen LogP contribution in [0.5, 0.6) is 0 Å². The van der Waals surface area contributed by atoms with Gasteiger partial charge in [-0.2, -0.15) is 5.10 Å². The van der Waals surface area contributed by atoms with E-state index in [-0.39, 0.29) is 0 Å². The first kappa shape index (κ1) is 12.8. The fourth-order valence-electron chi connectivity index (χ4n) is 2.74. The van der Waals surface area contributed by atoms with Crippen LogP contribution >= 0.6 is 15.9 Å². The van der Waals surface area contributed by atoms with Gasteiger partial charge in [0.2, 0.25) is 0 Å². The van der Waals surface area contributed by atoms with E-state index in [0.717, 1.165) is 23.1 Å². The third-order valence-corrected chi connectivity index (χ3v) is 4.33. The van der Waals surface area contributed by atoms with E-state index in [4.69, 9.17) is 0 Å². The highest BCUT2D eigenvalue weighted by atomic mass is 79.9. The maximum Gasteiger partial charge on any atom is 0.138 e. The Labute approximate surface area is 120 Å². The Kier molecular flexibility index (Phi) is 3.19. The fraction of sp³-hybridized carbons (Fsp3) is 0.429. The number of benzene rings is 1. The highest BCUT2D eigenvalue weighted by Gasteiger charge is 2.33. The van der Waals surface area contributed by atoms with Gasteiger partial charge in [0, 0.05) is 24.4 Å². The van der Waals surface area contributed by atoms with Crippen molar-refractivity contribution >= 4 is 15.9 Å². The van der Waals surface area contributed by atoms with Crippen molar-refractivity contribution in [1.29, 1.82) is 0 Å². The minimum atomic E-state index is -0.707. The third-order valence-electron chi connectivity index (χ3n) is 3.84. The molecule has 1 aromatic carbocycles. The van der Waals surface area contributed by atoms with E-state index in [1.807, 2.05) is 13.1 Å². The van der Waals surface area contributed by atoms with Gasteiger partial charge in [0.05, 0.1) is 5.60 Å². The molecule has 1 aromatic heterocycles. The van der Waals surface area contributed by atoms with Crippen LogP contribution in [0.1, 0.15) is 23.4 Å². The lowest BCUT2D eigenvalue weighted by atomic mass is 9.78. The minimum absolute atomic E-state index is 0.555. The van der Waals surface area contributed by atoms with Crippen molar-refractivity contribution in [2.45, 2.75) is 31.3 Å². The van der Waals surface area contributed by atoms with Gasteiger partial charge in [-0.3, -0.25) is 4.68 Å². The van der Waals surface area contributed by atoms with Gasteiger partial charge in [-0.15, -0.1) is 0 Å². The highest BCUT2D eigenvalue weighted by Crippen LogP contribution is 2.32. The molecule has 4 nitrogen and oxygen atoms in total. The van der Waals surface area contributed by atoms with E-state index in [0.29, 0.717) is 12.8 Å². The quantitative estimate of drug-likeness (QED) is 0.921. The summed E-state index contributed by atoms with van der Waals surface area (Å²) in [5, 5.41) is 14.8. The zero-order chi connectivity index (χ0) is 13.5. The van der Waals surface area contributed by atoms with Gasteiger partial charge in [0.1, 0.15) is 12.2 Å². The van der Waals surface area contributed by atoms with E-state index < -0.39 is 5.60 Å². The average molecular weight is 322 g/mol. The molecular weight excluding hydrogens is 306 g/mol. The average Bonchev–Trinajstić information content (AvgIpc) is 2.75. The van der Waals surface area contributed by atoms with Crippen molar-refractivity contribution in [2.75, 3.05) is 0 Å². The molecule has 1 unspecified atom stereocenters. The molecular formula is C14H16BrN3O. The van der Waals surface area contributed by atoms with Crippen molar-refractivity contribution in [2.24, 2.45) is 7.05 Å². The second kappa shape index (κ2) is 4.72. The first-order chi connectivity index (χ1) is 9.06. The van der Waals surface area contributed by atoms with E-state index >= 15 is 0 Å². The molecule has 1 aliphatic rings. The van der Waals surface area contributed by atoms with Crippen molar-refractivity contribution in [3.05, 3.63) is 46.0 Å². The lowest BCUT2D eigenvalue weighted by Gasteiger charge is -2.33. The molecule has 1 N–H and O–H groups in total. The van der Waals surface area contributed by atoms with Crippen molar-refractivity contribution < 1.29 is 5.11 Å². The summed E-state index contributed by atoms with van der Waals surface area (Å²) < 4.78 is 2.83. The van der Waals surface area contributed by atoms with Gasteiger partial charge in [-0.25, -0.2) is 4.98 Å². The van der Waals surface area contributed by atoms with Crippen molar-refractivity contribution in [3.63, 3.8) is 0 Å². The van der Waals surface area contributed by atoms with Gasteiger partial charge in [-0.1, -0.05) is 22.0 Å². The molecule has 100 valence electrons. The largest absolute Gasteiger partial charge is 0.389 e. The standard InChI is InChI=1S/C14H16BrN3O/c1-18-13(16-9-17-18)8-14(19)5-4-10-6-12(15)3-2-11(10)7-14/h2-3,6,9,19H,4-5,7-8H2,1H3. The van der Waals surface area contributed by atoms with Crippen molar-refractivity contribution in [1.82, 2.24) is 14.8 Å². The number of nitrogens with zero attached hydrogens (tertiary/aromatic N) is 3.